The van der Waals surface area contributed by atoms with Gasteiger partial charge in [-0.2, -0.15) is 0 Å². The summed E-state index contributed by atoms with van der Waals surface area (Å²) in [4.78, 5) is 0.982. The molecule has 0 aliphatic heterocycles. The monoisotopic (exact) mass is 168 g/mol. The number of rotatable bonds is 1. The third kappa shape index (κ3) is 1.76. The zero-order valence-corrected chi connectivity index (χ0v) is 7.83. The van der Waals surface area contributed by atoms with Gasteiger partial charge in [-0.15, -0.1) is 0 Å². The fourth-order valence-corrected chi connectivity index (χ4v) is 1.72. The molecule has 11 heavy (non-hydrogen) atoms. The van der Waals surface area contributed by atoms with Gasteiger partial charge in [0.05, 0.1) is 0 Å². The summed E-state index contributed by atoms with van der Waals surface area (Å²) in [5, 5.41) is 0. The first kappa shape index (κ1) is 8.62. The lowest BCUT2D eigenvalue weighted by atomic mass is 10.1. The van der Waals surface area contributed by atoms with Crippen LogP contribution in [0.3, 0.4) is 0 Å². The molecule has 0 saturated carbocycles. The van der Waals surface area contributed by atoms with Crippen LogP contribution in [0, 0.1) is 20.8 Å². The van der Waals surface area contributed by atoms with E-state index in [2.05, 4.69) is 19.1 Å². The molecule has 0 aliphatic rings. The van der Waals surface area contributed by atoms with Crippen molar-refractivity contribution in [3.05, 3.63) is 28.8 Å². The van der Waals surface area contributed by atoms with E-state index in [0.29, 0.717) is 0 Å². The molecule has 1 N–H and O–H groups in total. The lowest BCUT2D eigenvalue weighted by molar-refractivity contribution is 0.662. The topological polar surface area (TPSA) is 20.2 Å². The summed E-state index contributed by atoms with van der Waals surface area (Å²) >= 11 is 0.831. The minimum absolute atomic E-state index is 0.831. The van der Waals surface area contributed by atoms with Crippen LogP contribution in [0.5, 0.6) is 0 Å². The van der Waals surface area contributed by atoms with Crippen LogP contribution in [0.15, 0.2) is 17.0 Å². The Kier molecular flexibility index (Phi) is 2.58. The van der Waals surface area contributed by atoms with E-state index >= 15 is 0 Å². The summed E-state index contributed by atoms with van der Waals surface area (Å²) in [5.74, 6) is 0. The maximum atomic E-state index is 8.91. The molecule has 0 unspecified atom stereocenters. The van der Waals surface area contributed by atoms with Gasteiger partial charge < -0.3 is 4.55 Å². The van der Waals surface area contributed by atoms with Gasteiger partial charge in [0.25, 0.3) is 0 Å². The molecule has 0 aliphatic carbocycles. The first-order chi connectivity index (χ1) is 5.15. The lowest BCUT2D eigenvalue weighted by Gasteiger charge is -2.06. The Bertz CT molecular complexity index is 245. The molecule has 1 aromatic rings. The van der Waals surface area contributed by atoms with Gasteiger partial charge in [0, 0.05) is 16.9 Å². The van der Waals surface area contributed by atoms with Gasteiger partial charge in [-0.3, -0.25) is 0 Å². The minimum atomic E-state index is 0.831. The smallest absolute Gasteiger partial charge is 0.0409 e. The standard InChI is InChI=1S/C9H12OS/c1-6-4-7(2)9(11-10)8(3)5-6/h4-5,10H,1-3H3. The maximum absolute atomic E-state index is 8.91. The first-order valence-corrected chi connectivity index (χ1v) is 4.31. The van der Waals surface area contributed by atoms with Gasteiger partial charge in [0.15, 0.2) is 0 Å². The molecule has 60 valence electrons. The molecular weight excluding hydrogens is 156 g/mol. The summed E-state index contributed by atoms with van der Waals surface area (Å²) in [7, 11) is 0. The SMILES string of the molecule is Cc1cc(C)c(SO)c(C)c1. The molecule has 0 radical (unpaired) electrons. The number of hydrogen-bond donors (Lipinski definition) is 1. The fourth-order valence-electron chi connectivity index (χ4n) is 1.31. The van der Waals surface area contributed by atoms with Crippen LogP contribution in [0.1, 0.15) is 16.7 Å². The highest BCUT2D eigenvalue weighted by Crippen LogP contribution is 2.24. The van der Waals surface area contributed by atoms with Crippen LogP contribution in [0.25, 0.3) is 0 Å². The van der Waals surface area contributed by atoms with E-state index in [1.165, 1.54) is 5.56 Å². The minimum Gasteiger partial charge on any atom is -0.325 e. The van der Waals surface area contributed by atoms with Crippen LogP contribution in [0.2, 0.25) is 0 Å². The maximum Gasteiger partial charge on any atom is 0.0409 e. The molecule has 0 saturated heterocycles. The Balaban J connectivity index is 3.25. The fraction of sp³-hybridized carbons (Fsp3) is 0.333. The highest BCUT2D eigenvalue weighted by molar-refractivity contribution is 7.93. The third-order valence-corrected chi connectivity index (χ3v) is 2.52. The van der Waals surface area contributed by atoms with Gasteiger partial charge in [-0.1, -0.05) is 17.7 Å². The second-order valence-corrected chi connectivity index (χ2v) is 3.41. The van der Waals surface area contributed by atoms with E-state index in [-0.39, 0.29) is 0 Å². The second-order valence-electron chi connectivity index (χ2n) is 2.82. The predicted octanol–water partition coefficient (Wildman–Crippen LogP) is 3.18. The Morgan fingerprint density at radius 2 is 1.55 bits per heavy atom. The Hall–Kier alpha value is -0.470. The van der Waals surface area contributed by atoms with Crippen molar-refractivity contribution >= 4 is 12.0 Å². The van der Waals surface area contributed by atoms with Crippen LogP contribution >= 0.6 is 12.0 Å². The van der Waals surface area contributed by atoms with Crippen molar-refractivity contribution in [3.63, 3.8) is 0 Å². The summed E-state index contributed by atoms with van der Waals surface area (Å²) < 4.78 is 8.91. The Labute approximate surface area is 71.7 Å². The molecule has 1 rings (SSSR count). The molecule has 2 heteroatoms. The molecule has 0 fully saturated rings. The molecule has 1 nitrogen and oxygen atoms in total. The van der Waals surface area contributed by atoms with E-state index in [1.807, 2.05) is 13.8 Å². The average Bonchev–Trinajstić information content (AvgIpc) is 1.85. The van der Waals surface area contributed by atoms with Crippen molar-refractivity contribution in [2.45, 2.75) is 25.7 Å². The number of aryl methyl sites for hydroxylation is 3. The van der Waals surface area contributed by atoms with E-state index < -0.39 is 0 Å². The molecule has 0 aromatic heterocycles. The van der Waals surface area contributed by atoms with E-state index in [0.717, 1.165) is 28.1 Å². The van der Waals surface area contributed by atoms with Crippen molar-refractivity contribution in [1.82, 2.24) is 0 Å². The zero-order valence-electron chi connectivity index (χ0n) is 7.01. The van der Waals surface area contributed by atoms with Crippen molar-refractivity contribution in [3.8, 4) is 0 Å². The number of hydrogen-bond acceptors (Lipinski definition) is 2. The first-order valence-electron chi connectivity index (χ1n) is 3.54. The summed E-state index contributed by atoms with van der Waals surface area (Å²) in [6.07, 6.45) is 0. The van der Waals surface area contributed by atoms with E-state index in [4.69, 9.17) is 4.55 Å². The third-order valence-electron chi connectivity index (χ3n) is 1.70. The lowest BCUT2D eigenvalue weighted by Crippen LogP contribution is -1.86. The van der Waals surface area contributed by atoms with Crippen LogP contribution in [-0.4, -0.2) is 4.55 Å². The molecule has 0 atom stereocenters. The molecule has 0 spiro atoms. The van der Waals surface area contributed by atoms with Gasteiger partial charge in [-0.25, -0.2) is 0 Å². The molecule has 0 amide bonds. The van der Waals surface area contributed by atoms with Crippen molar-refractivity contribution < 1.29 is 4.55 Å². The molecule has 0 bridgehead atoms. The molecule has 1 aromatic carbocycles. The van der Waals surface area contributed by atoms with Crippen molar-refractivity contribution in [2.24, 2.45) is 0 Å². The number of benzene rings is 1. The largest absolute Gasteiger partial charge is 0.325 e. The summed E-state index contributed by atoms with van der Waals surface area (Å²) in [6, 6.07) is 4.15. The summed E-state index contributed by atoms with van der Waals surface area (Å²) in [6.45, 7) is 6.09. The van der Waals surface area contributed by atoms with Gasteiger partial charge in [0.1, 0.15) is 0 Å². The van der Waals surface area contributed by atoms with E-state index in [9.17, 15) is 0 Å². The molecule has 0 heterocycles. The highest BCUT2D eigenvalue weighted by Gasteiger charge is 2.01. The summed E-state index contributed by atoms with van der Waals surface area (Å²) in [5.41, 5.74) is 3.54. The average molecular weight is 168 g/mol. The van der Waals surface area contributed by atoms with Gasteiger partial charge in [-0.05, 0) is 31.9 Å². The molecular formula is C9H12OS. The van der Waals surface area contributed by atoms with Gasteiger partial charge >= 0.3 is 0 Å². The van der Waals surface area contributed by atoms with Crippen LogP contribution in [0.4, 0.5) is 0 Å². The van der Waals surface area contributed by atoms with Crippen LogP contribution in [-0.2, 0) is 0 Å². The highest BCUT2D eigenvalue weighted by atomic mass is 32.2. The Morgan fingerprint density at radius 3 is 1.91 bits per heavy atom. The second kappa shape index (κ2) is 3.28. The van der Waals surface area contributed by atoms with Crippen molar-refractivity contribution in [1.29, 1.82) is 0 Å². The Morgan fingerprint density at radius 1 is 1.09 bits per heavy atom. The normalized spacial score (nSPS) is 10.2. The van der Waals surface area contributed by atoms with Crippen LogP contribution < -0.4 is 0 Å². The quantitative estimate of drug-likeness (QED) is 0.650. The van der Waals surface area contributed by atoms with E-state index in [1.54, 1.807) is 0 Å². The predicted molar refractivity (Wildman–Crippen MR) is 49.1 cm³/mol. The zero-order chi connectivity index (χ0) is 8.43. The van der Waals surface area contributed by atoms with Gasteiger partial charge in [0.2, 0.25) is 0 Å². The van der Waals surface area contributed by atoms with Crippen molar-refractivity contribution in [2.75, 3.05) is 0 Å².